The van der Waals surface area contributed by atoms with Crippen LogP contribution in [0.15, 0.2) is 60.7 Å². The lowest BCUT2D eigenvalue weighted by Crippen LogP contribution is -2.31. The Morgan fingerprint density at radius 1 is 1.00 bits per heavy atom. The zero-order valence-corrected chi connectivity index (χ0v) is 15.6. The van der Waals surface area contributed by atoms with Gasteiger partial charge in [0.05, 0.1) is 6.61 Å². The van der Waals surface area contributed by atoms with Crippen LogP contribution in [0.2, 0.25) is 0 Å². The topological polar surface area (TPSA) is 50.3 Å². The molecule has 0 bridgehead atoms. The standard InChI is InChI=1S/C22H24N4O/c1-27-14-12-23-20-15-21(25-22(24-20)18-8-3-2-4-9-18)26-13-11-17-7-5-6-10-19(17)16-26/h2-10,15H,11-14,16H2,1H3,(H,23,24,25). The summed E-state index contributed by atoms with van der Waals surface area (Å²) in [5.41, 5.74) is 3.83. The summed E-state index contributed by atoms with van der Waals surface area (Å²) in [7, 11) is 1.70. The third-order valence-electron chi connectivity index (χ3n) is 4.81. The molecule has 1 aliphatic heterocycles. The van der Waals surface area contributed by atoms with Crippen LogP contribution in [-0.4, -0.2) is 36.8 Å². The van der Waals surface area contributed by atoms with E-state index in [0.29, 0.717) is 13.2 Å². The van der Waals surface area contributed by atoms with E-state index in [1.807, 2.05) is 36.4 Å². The lowest BCUT2D eigenvalue weighted by Gasteiger charge is -2.30. The lowest BCUT2D eigenvalue weighted by molar-refractivity contribution is 0.210. The van der Waals surface area contributed by atoms with Crippen LogP contribution in [0.25, 0.3) is 11.4 Å². The molecular formula is C22H24N4O. The first-order chi connectivity index (χ1) is 13.3. The van der Waals surface area contributed by atoms with Gasteiger partial charge in [0, 0.05) is 38.4 Å². The minimum Gasteiger partial charge on any atom is -0.383 e. The Kier molecular flexibility index (Phi) is 5.30. The maximum Gasteiger partial charge on any atom is 0.163 e. The third-order valence-corrected chi connectivity index (χ3v) is 4.81. The molecule has 1 aliphatic rings. The summed E-state index contributed by atoms with van der Waals surface area (Å²) >= 11 is 0. The molecule has 1 aromatic heterocycles. The molecule has 4 rings (SSSR count). The predicted molar refractivity (Wildman–Crippen MR) is 109 cm³/mol. The molecule has 5 heteroatoms. The number of benzene rings is 2. The van der Waals surface area contributed by atoms with E-state index in [2.05, 4.69) is 34.5 Å². The number of nitrogens with zero attached hydrogens (tertiary/aromatic N) is 3. The molecule has 0 atom stereocenters. The summed E-state index contributed by atoms with van der Waals surface area (Å²) in [6, 6.07) is 20.8. The predicted octanol–water partition coefficient (Wildman–Crippen LogP) is 3.76. The van der Waals surface area contributed by atoms with E-state index in [0.717, 1.165) is 42.5 Å². The fraction of sp³-hybridized carbons (Fsp3) is 0.273. The smallest absolute Gasteiger partial charge is 0.163 e. The number of aromatic nitrogens is 2. The van der Waals surface area contributed by atoms with E-state index < -0.39 is 0 Å². The van der Waals surface area contributed by atoms with Crippen molar-refractivity contribution in [3.63, 3.8) is 0 Å². The van der Waals surface area contributed by atoms with E-state index in [-0.39, 0.29) is 0 Å². The van der Waals surface area contributed by atoms with Gasteiger partial charge in [-0.25, -0.2) is 9.97 Å². The number of ether oxygens (including phenoxy) is 1. The van der Waals surface area contributed by atoms with Gasteiger partial charge in [-0.15, -0.1) is 0 Å². The van der Waals surface area contributed by atoms with Crippen molar-refractivity contribution in [2.45, 2.75) is 13.0 Å². The van der Waals surface area contributed by atoms with Crippen molar-refractivity contribution in [1.29, 1.82) is 0 Å². The maximum absolute atomic E-state index is 5.15. The van der Waals surface area contributed by atoms with Crippen LogP contribution in [-0.2, 0) is 17.7 Å². The fourth-order valence-corrected chi connectivity index (χ4v) is 3.38. The fourth-order valence-electron chi connectivity index (χ4n) is 3.38. The number of methoxy groups -OCH3 is 1. The third kappa shape index (κ3) is 4.09. The molecule has 1 N–H and O–H groups in total. The number of anilines is 2. The van der Waals surface area contributed by atoms with E-state index in [1.165, 1.54) is 11.1 Å². The minimum atomic E-state index is 0.636. The van der Waals surface area contributed by atoms with Gasteiger partial charge in [0.1, 0.15) is 11.6 Å². The number of rotatable bonds is 6. The van der Waals surface area contributed by atoms with E-state index >= 15 is 0 Å². The Bertz CT molecular complexity index is 898. The largest absolute Gasteiger partial charge is 0.383 e. The van der Waals surface area contributed by atoms with Gasteiger partial charge in [-0.2, -0.15) is 0 Å². The van der Waals surface area contributed by atoms with Gasteiger partial charge in [-0.3, -0.25) is 0 Å². The van der Waals surface area contributed by atoms with Crippen LogP contribution < -0.4 is 10.2 Å². The van der Waals surface area contributed by atoms with Crippen LogP contribution in [0.4, 0.5) is 11.6 Å². The highest BCUT2D eigenvalue weighted by Gasteiger charge is 2.19. The first-order valence-corrected chi connectivity index (χ1v) is 9.32. The van der Waals surface area contributed by atoms with Crippen molar-refractivity contribution in [1.82, 2.24) is 9.97 Å². The Hall–Kier alpha value is -2.92. The highest BCUT2D eigenvalue weighted by atomic mass is 16.5. The Balaban J connectivity index is 1.66. The number of nitrogens with one attached hydrogen (secondary N) is 1. The summed E-state index contributed by atoms with van der Waals surface area (Å²) in [5.74, 6) is 2.53. The minimum absolute atomic E-state index is 0.636. The highest BCUT2D eigenvalue weighted by molar-refractivity contribution is 5.62. The van der Waals surface area contributed by atoms with Gasteiger partial charge in [0.15, 0.2) is 5.82 Å². The molecule has 0 spiro atoms. The molecule has 0 saturated carbocycles. The molecule has 0 fully saturated rings. The first kappa shape index (κ1) is 17.5. The highest BCUT2D eigenvalue weighted by Crippen LogP contribution is 2.27. The molecule has 0 saturated heterocycles. The summed E-state index contributed by atoms with van der Waals surface area (Å²) in [6.07, 6.45) is 1.04. The van der Waals surface area contributed by atoms with Crippen LogP contribution in [0.1, 0.15) is 11.1 Å². The lowest BCUT2D eigenvalue weighted by atomic mass is 10.00. The normalized spacial score (nSPS) is 13.3. The maximum atomic E-state index is 5.15. The molecule has 3 aromatic rings. The molecule has 0 amide bonds. The molecule has 27 heavy (non-hydrogen) atoms. The van der Waals surface area contributed by atoms with Crippen molar-refractivity contribution in [3.8, 4) is 11.4 Å². The Morgan fingerprint density at radius 2 is 1.78 bits per heavy atom. The zero-order chi connectivity index (χ0) is 18.5. The van der Waals surface area contributed by atoms with Crippen LogP contribution in [0.3, 0.4) is 0 Å². The van der Waals surface area contributed by atoms with E-state index in [9.17, 15) is 0 Å². The van der Waals surface area contributed by atoms with E-state index in [1.54, 1.807) is 7.11 Å². The van der Waals surface area contributed by atoms with Crippen molar-refractivity contribution in [2.75, 3.05) is 37.0 Å². The monoisotopic (exact) mass is 360 g/mol. The molecule has 138 valence electrons. The first-order valence-electron chi connectivity index (χ1n) is 9.32. The molecule has 0 radical (unpaired) electrons. The van der Waals surface area contributed by atoms with Crippen molar-refractivity contribution in [3.05, 3.63) is 71.8 Å². The summed E-state index contributed by atoms with van der Waals surface area (Å²) in [4.78, 5) is 11.9. The van der Waals surface area contributed by atoms with Gasteiger partial charge in [-0.1, -0.05) is 54.6 Å². The van der Waals surface area contributed by atoms with Gasteiger partial charge < -0.3 is 15.0 Å². The molecule has 0 unspecified atom stereocenters. The SMILES string of the molecule is COCCNc1cc(N2CCc3ccccc3C2)nc(-c2ccccc2)n1. The quantitative estimate of drug-likeness (QED) is 0.678. The molecular weight excluding hydrogens is 336 g/mol. The van der Waals surface area contributed by atoms with Gasteiger partial charge in [0.2, 0.25) is 0 Å². The van der Waals surface area contributed by atoms with Gasteiger partial charge in [0.25, 0.3) is 0 Å². The molecule has 2 aromatic carbocycles. The second-order valence-electron chi connectivity index (χ2n) is 6.66. The number of fused-ring (bicyclic) bond motifs is 1. The van der Waals surface area contributed by atoms with Crippen LogP contribution >= 0.6 is 0 Å². The Labute approximate surface area is 160 Å². The zero-order valence-electron chi connectivity index (χ0n) is 15.6. The van der Waals surface area contributed by atoms with Crippen molar-refractivity contribution < 1.29 is 4.74 Å². The van der Waals surface area contributed by atoms with Crippen LogP contribution in [0.5, 0.6) is 0 Å². The Morgan fingerprint density at radius 3 is 2.59 bits per heavy atom. The average molecular weight is 360 g/mol. The summed E-state index contributed by atoms with van der Waals surface area (Å²) < 4.78 is 5.15. The van der Waals surface area contributed by atoms with Gasteiger partial charge in [-0.05, 0) is 17.5 Å². The number of hydrogen-bond donors (Lipinski definition) is 1. The summed E-state index contributed by atoms with van der Waals surface area (Å²) in [6.45, 7) is 3.18. The van der Waals surface area contributed by atoms with Crippen molar-refractivity contribution >= 4 is 11.6 Å². The second kappa shape index (κ2) is 8.18. The van der Waals surface area contributed by atoms with Crippen LogP contribution in [0, 0.1) is 0 Å². The average Bonchev–Trinajstić information content (AvgIpc) is 2.74. The number of hydrogen-bond acceptors (Lipinski definition) is 5. The van der Waals surface area contributed by atoms with E-state index in [4.69, 9.17) is 14.7 Å². The molecule has 0 aliphatic carbocycles. The summed E-state index contributed by atoms with van der Waals surface area (Å²) in [5, 5.41) is 3.35. The second-order valence-corrected chi connectivity index (χ2v) is 6.66. The van der Waals surface area contributed by atoms with Crippen molar-refractivity contribution in [2.24, 2.45) is 0 Å². The molecule has 2 heterocycles. The van der Waals surface area contributed by atoms with Gasteiger partial charge >= 0.3 is 0 Å². The molecule has 5 nitrogen and oxygen atoms in total.